The molecule has 0 aromatic carbocycles. The summed E-state index contributed by atoms with van der Waals surface area (Å²) in [7, 11) is 0. The van der Waals surface area contributed by atoms with E-state index in [1.165, 1.54) is 70.6 Å². The van der Waals surface area contributed by atoms with Crippen LogP contribution in [0.15, 0.2) is 11.6 Å². The van der Waals surface area contributed by atoms with Gasteiger partial charge in [0.25, 0.3) is 0 Å². The van der Waals surface area contributed by atoms with Gasteiger partial charge in [0, 0.05) is 0 Å². The largest absolute Gasteiger partial charge is 0.375 e. The van der Waals surface area contributed by atoms with Gasteiger partial charge in [0.15, 0.2) is 0 Å². The lowest BCUT2D eigenvalue weighted by Gasteiger charge is -2.58. The van der Waals surface area contributed by atoms with Crippen LogP contribution in [0.2, 0.25) is 0 Å². The highest BCUT2D eigenvalue weighted by Gasteiger charge is 2.59. The van der Waals surface area contributed by atoms with Crippen LogP contribution in [-0.4, -0.2) is 25.4 Å². The van der Waals surface area contributed by atoms with E-state index < -0.39 is 0 Å². The molecular formula is C30H50O2. The number of fused-ring (bicyclic) bond motifs is 5. The Morgan fingerprint density at radius 2 is 1.84 bits per heavy atom. The molecular weight excluding hydrogens is 392 g/mol. The highest BCUT2D eigenvalue weighted by atomic mass is 16.6. The molecule has 5 rings (SSSR count). The first-order chi connectivity index (χ1) is 15.3. The van der Waals surface area contributed by atoms with Crippen LogP contribution >= 0.6 is 0 Å². The lowest BCUT2D eigenvalue weighted by molar-refractivity contribution is -0.0647. The Balaban J connectivity index is 1.25. The van der Waals surface area contributed by atoms with Crippen molar-refractivity contribution in [1.29, 1.82) is 0 Å². The van der Waals surface area contributed by atoms with Crippen LogP contribution in [0.5, 0.6) is 0 Å². The van der Waals surface area contributed by atoms with E-state index in [0.717, 1.165) is 48.7 Å². The molecule has 2 nitrogen and oxygen atoms in total. The third kappa shape index (κ3) is 4.26. The van der Waals surface area contributed by atoms with Gasteiger partial charge in [0.2, 0.25) is 0 Å². The number of epoxide rings is 1. The molecule has 4 aliphatic carbocycles. The van der Waals surface area contributed by atoms with Crippen molar-refractivity contribution in [2.75, 3.05) is 13.2 Å². The first-order valence-electron chi connectivity index (χ1n) is 14.2. The Bertz CT molecular complexity index is 693. The molecule has 0 radical (unpaired) electrons. The van der Waals surface area contributed by atoms with Crippen molar-refractivity contribution in [1.82, 2.24) is 0 Å². The number of hydrogen-bond acceptors (Lipinski definition) is 2. The molecule has 2 heteroatoms. The first-order valence-corrected chi connectivity index (χ1v) is 14.2. The average Bonchev–Trinajstić information content (AvgIpc) is 3.51. The zero-order chi connectivity index (χ0) is 22.5. The van der Waals surface area contributed by atoms with E-state index >= 15 is 0 Å². The molecule has 0 aromatic heterocycles. The highest BCUT2D eigenvalue weighted by Crippen LogP contribution is 2.67. The molecule has 1 aliphatic heterocycles. The number of allylic oxidation sites excluding steroid dienone is 1. The van der Waals surface area contributed by atoms with Gasteiger partial charge in [0.05, 0.1) is 19.3 Å². The van der Waals surface area contributed by atoms with Gasteiger partial charge >= 0.3 is 0 Å². The second kappa shape index (κ2) is 9.03. The van der Waals surface area contributed by atoms with Crippen molar-refractivity contribution in [2.24, 2.45) is 46.3 Å². The zero-order valence-corrected chi connectivity index (χ0v) is 21.7. The van der Waals surface area contributed by atoms with Crippen LogP contribution in [0.1, 0.15) is 105 Å². The average molecular weight is 443 g/mol. The van der Waals surface area contributed by atoms with Crippen LogP contribution < -0.4 is 0 Å². The van der Waals surface area contributed by atoms with Gasteiger partial charge < -0.3 is 9.47 Å². The minimum Gasteiger partial charge on any atom is -0.375 e. The van der Waals surface area contributed by atoms with Crippen LogP contribution in [0.3, 0.4) is 0 Å². The fraction of sp³-hybridized carbons (Fsp3) is 0.933. The van der Waals surface area contributed by atoms with Crippen LogP contribution in [0.4, 0.5) is 0 Å². The molecule has 0 N–H and O–H groups in total. The summed E-state index contributed by atoms with van der Waals surface area (Å²) >= 11 is 0. The Labute approximate surface area is 198 Å². The quantitative estimate of drug-likeness (QED) is 0.282. The predicted octanol–water partition coefficient (Wildman–Crippen LogP) is 7.81. The third-order valence-electron chi connectivity index (χ3n) is 11.2. The smallest absolute Gasteiger partial charge is 0.104 e. The van der Waals surface area contributed by atoms with E-state index in [1.807, 2.05) is 0 Å². The van der Waals surface area contributed by atoms with E-state index in [1.54, 1.807) is 5.57 Å². The first kappa shape index (κ1) is 23.4. The van der Waals surface area contributed by atoms with E-state index in [2.05, 4.69) is 40.7 Å². The molecule has 9 unspecified atom stereocenters. The van der Waals surface area contributed by atoms with E-state index in [-0.39, 0.29) is 0 Å². The van der Waals surface area contributed by atoms with E-state index in [9.17, 15) is 0 Å². The Kier molecular flexibility index (Phi) is 6.60. The van der Waals surface area contributed by atoms with Gasteiger partial charge in [-0.25, -0.2) is 0 Å². The summed E-state index contributed by atoms with van der Waals surface area (Å²) in [5.41, 5.74) is 2.80. The fourth-order valence-electron chi connectivity index (χ4n) is 9.20. The van der Waals surface area contributed by atoms with Gasteiger partial charge in [0.1, 0.15) is 6.10 Å². The fourth-order valence-corrected chi connectivity index (χ4v) is 9.20. The van der Waals surface area contributed by atoms with Gasteiger partial charge in [-0.3, -0.25) is 0 Å². The summed E-state index contributed by atoms with van der Waals surface area (Å²) in [4.78, 5) is 0. The maximum Gasteiger partial charge on any atom is 0.104 e. The minimum absolute atomic E-state index is 0.395. The van der Waals surface area contributed by atoms with Crippen molar-refractivity contribution in [2.45, 2.75) is 117 Å². The molecule has 1 saturated heterocycles. The van der Waals surface area contributed by atoms with Crippen molar-refractivity contribution >= 4 is 0 Å². The van der Waals surface area contributed by atoms with E-state index in [4.69, 9.17) is 9.47 Å². The molecule has 0 amide bonds. The number of ether oxygens (including phenoxy) is 2. The summed E-state index contributed by atoms with van der Waals surface area (Å²) in [5, 5.41) is 0. The van der Waals surface area contributed by atoms with Gasteiger partial charge in [-0.05, 0) is 97.7 Å². The maximum absolute atomic E-state index is 6.24. The van der Waals surface area contributed by atoms with Gasteiger partial charge in [-0.1, -0.05) is 65.5 Å². The lowest BCUT2D eigenvalue weighted by Crippen LogP contribution is -2.51. The molecule has 9 atom stereocenters. The second-order valence-electron chi connectivity index (χ2n) is 13.4. The molecule has 0 bridgehead atoms. The summed E-state index contributed by atoms with van der Waals surface area (Å²) < 4.78 is 11.6. The maximum atomic E-state index is 6.24. The highest BCUT2D eigenvalue weighted by molar-refractivity contribution is 5.25. The lowest BCUT2D eigenvalue weighted by atomic mass is 9.47. The zero-order valence-electron chi connectivity index (χ0n) is 21.7. The Hall–Kier alpha value is -0.340. The van der Waals surface area contributed by atoms with Crippen LogP contribution in [-0.2, 0) is 9.47 Å². The van der Waals surface area contributed by atoms with Crippen molar-refractivity contribution in [3.63, 3.8) is 0 Å². The molecule has 1 heterocycles. The molecule has 4 fully saturated rings. The molecule has 182 valence electrons. The molecule has 0 aromatic rings. The molecule has 5 aliphatic rings. The van der Waals surface area contributed by atoms with Gasteiger partial charge in [-0.2, -0.15) is 0 Å². The topological polar surface area (TPSA) is 21.8 Å². The van der Waals surface area contributed by atoms with Crippen LogP contribution in [0.25, 0.3) is 0 Å². The second-order valence-corrected chi connectivity index (χ2v) is 13.4. The van der Waals surface area contributed by atoms with Crippen molar-refractivity contribution in [3.8, 4) is 0 Å². The van der Waals surface area contributed by atoms with Crippen LogP contribution in [0, 0.1) is 46.3 Å². The summed E-state index contributed by atoms with van der Waals surface area (Å²) in [6.45, 7) is 14.4. The standard InChI is InChI=1S/C30H50O2/c1-20(2)7-6-8-21(3)26-11-12-27-25-10-9-22-17-23(31-18-24-19-32-24)13-15-29(22,4)28(25)14-16-30(26,27)5/h9,20-21,23-28H,6-8,10-19H2,1-5H3. The predicted molar refractivity (Wildman–Crippen MR) is 133 cm³/mol. The van der Waals surface area contributed by atoms with E-state index in [0.29, 0.717) is 23.0 Å². The number of rotatable bonds is 8. The van der Waals surface area contributed by atoms with Crippen molar-refractivity contribution in [3.05, 3.63) is 11.6 Å². The Morgan fingerprint density at radius 3 is 2.59 bits per heavy atom. The summed E-state index contributed by atoms with van der Waals surface area (Å²) in [6.07, 6.45) is 18.9. The monoisotopic (exact) mass is 442 g/mol. The van der Waals surface area contributed by atoms with Gasteiger partial charge in [-0.15, -0.1) is 0 Å². The summed E-state index contributed by atoms with van der Waals surface area (Å²) in [6, 6.07) is 0. The molecule has 0 spiro atoms. The number of hydrogen-bond donors (Lipinski definition) is 0. The molecule has 3 saturated carbocycles. The summed E-state index contributed by atoms with van der Waals surface area (Å²) in [5.74, 6) is 5.56. The SMILES string of the molecule is CC(C)CCCC(C)C1CCC2C3CC=C4CC(OCC5CO5)CCC4(C)C3CCC12C. The minimum atomic E-state index is 0.395. The Morgan fingerprint density at radius 1 is 1.03 bits per heavy atom. The third-order valence-corrected chi connectivity index (χ3v) is 11.2. The normalized spacial score (nSPS) is 46.2. The van der Waals surface area contributed by atoms with Crippen molar-refractivity contribution < 1.29 is 9.47 Å². The molecule has 32 heavy (non-hydrogen) atoms.